The zero-order chi connectivity index (χ0) is 27.2. The molecule has 0 bridgehead atoms. The average Bonchev–Trinajstić information content (AvgIpc) is 3.50. The molecule has 0 fully saturated rings. The van der Waals surface area contributed by atoms with Gasteiger partial charge in [0.15, 0.2) is 23.1 Å². The molecule has 2 aromatic heterocycles. The second-order valence-electron chi connectivity index (χ2n) is 9.94. The summed E-state index contributed by atoms with van der Waals surface area (Å²) in [5.74, 6) is 2.53. The fourth-order valence-corrected chi connectivity index (χ4v) is 5.31. The molecule has 0 amide bonds. The third-order valence-corrected chi connectivity index (χ3v) is 7.33. The molecular formula is C36H22N4O. The minimum absolute atomic E-state index is 0.619. The molecule has 2 heterocycles. The Morgan fingerprint density at radius 2 is 0.951 bits per heavy atom. The van der Waals surface area contributed by atoms with E-state index in [1.54, 1.807) is 0 Å². The van der Waals surface area contributed by atoms with Gasteiger partial charge in [0.25, 0.3) is 0 Å². The van der Waals surface area contributed by atoms with Gasteiger partial charge in [-0.15, -0.1) is 0 Å². The lowest BCUT2D eigenvalue weighted by molar-refractivity contribution is 0.623. The second-order valence-corrected chi connectivity index (χ2v) is 9.94. The Balaban J connectivity index is 1.31. The molecule has 0 unspecified atom stereocenters. The molecule has 0 spiro atoms. The van der Waals surface area contributed by atoms with E-state index in [-0.39, 0.29) is 0 Å². The van der Waals surface area contributed by atoms with Crippen LogP contribution in [0.5, 0.6) is 0 Å². The molecular weight excluding hydrogens is 504 g/mol. The van der Waals surface area contributed by atoms with E-state index in [1.807, 2.05) is 97.1 Å². The number of benzene rings is 6. The van der Waals surface area contributed by atoms with E-state index in [9.17, 15) is 0 Å². The van der Waals surface area contributed by atoms with Crippen LogP contribution in [-0.2, 0) is 0 Å². The number of nitrogens with zero attached hydrogens (tertiary/aromatic N) is 4. The zero-order valence-corrected chi connectivity index (χ0v) is 21.9. The lowest BCUT2D eigenvalue weighted by atomic mass is 9.99. The predicted octanol–water partition coefficient (Wildman–Crippen LogP) is 8.99. The molecule has 6 aromatic carbocycles. The van der Waals surface area contributed by atoms with Crippen LogP contribution >= 0.6 is 0 Å². The highest BCUT2D eigenvalue weighted by atomic mass is 16.3. The van der Waals surface area contributed by atoms with Crippen LogP contribution in [-0.4, -0.2) is 19.9 Å². The fourth-order valence-electron chi connectivity index (χ4n) is 5.31. The first kappa shape index (κ1) is 23.2. The van der Waals surface area contributed by atoms with E-state index >= 15 is 0 Å². The van der Waals surface area contributed by atoms with Crippen molar-refractivity contribution < 1.29 is 4.42 Å². The Bertz CT molecular complexity index is 2130. The molecule has 0 N–H and O–H groups in total. The van der Waals surface area contributed by atoms with Gasteiger partial charge in [-0.25, -0.2) is 19.9 Å². The van der Waals surface area contributed by atoms with Crippen molar-refractivity contribution in [3.63, 3.8) is 0 Å². The van der Waals surface area contributed by atoms with Gasteiger partial charge in [-0.1, -0.05) is 109 Å². The molecule has 192 valence electrons. The monoisotopic (exact) mass is 526 g/mol. The van der Waals surface area contributed by atoms with Gasteiger partial charge in [-0.2, -0.15) is 0 Å². The van der Waals surface area contributed by atoms with Crippen LogP contribution in [0.15, 0.2) is 138 Å². The third kappa shape index (κ3) is 4.12. The molecule has 5 heteroatoms. The molecule has 0 saturated carbocycles. The maximum atomic E-state index is 6.38. The minimum atomic E-state index is 0.619. The Morgan fingerprint density at radius 1 is 0.415 bits per heavy atom. The van der Waals surface area contributed by atoms with Gasteiger partial charge in [0, 0.05) is 27.6 Å². The van der Waals surface area contributed by atoms with Gasteiger partial charge in [-0.05, 0) is 40.4 Å². The van der Waals surface area contributed by atoms with E-state index in [0.29, 0.717) is 23.4 Å². The Morgan fingerprint density at radius 3 is 1.59 bits per heavy atom. The van der Waals surface area contributed by atoms with Crippen LogP contribution in [0, 0.1) is 0 Å². The summed E-state index contributed by atoms with van der Waals surface area (Å²) in [6.07, 6.45) is 0. The quantitative estimate of drug-likeness (QED) is 0.214. The maximum Gasteiger partial charge on any atom is 0.227 e. The molecule has 0 aliphatic heterocycles. The van der Waals surface area contributed by atoms with Crippen LogP contribution in [0.2, 0.25) is 0 Å². The van der Waals surface area contributed by atoms with Gasteiger partial charge in [0.2, 0.25) is 5.89 Å². The smallest absolute Gasteiger partial charge is 0.227 e. The van der Waals surface area contributed by atoms with Crippen molar-refractivity contribution in [1.29, 1.82) is 0 Å². The van der Waals surface area contributed by atoms with Crippen molar-refractivity contribution >= 4 is 32.6 Å². The van der Waals surface area contributed by atoms with Crippen LogP contribution in [0.1, 0.15) is 0 Å². The fraction of sp³-hybridized carbons (Fsp3) is 0. The number of aromatic nitrogens is 4. The van der Waals surface area contributed by atoms with Crippen molar-refractivity contribution in [3.8, 4) is 45.6 Å². The van der Waals surface area contributed by atoms with Crippen molar-refractivity contribution in [2.45, 2.75) is 0 Å². The van der Waals surface area contributed by atoms with Gasteiger partial charge >= 0.3 is 0 Å². The van der Waals surface area contributed by atoms with Crippen LogP contribution in [0.3, 0.4) is 0 Å². The van der Waals surface area contributed by atoms with E-state index in [4.69, 9.17) is 24.4 Å². The highest BCUT2D eigenvalue weighted by Gasteiger charge is 2.16. The number of hydrogen-bond donors (Lipinski definition) is 0. The maximum absolute atomic E-state index is 6.38. The molecule has 8 rings (SSSR count). The number of fused-ring (bicyclic) bond motifs is 5. The molecule has 41 heavy (non-hydrogen) atoms. The van der Waals surface area contributed by atoms with Crippen LogP contribution < -0.4 is 0 Å². The molecule has 5 nitrogen and oxygen atoms in total. The van der Waals surface area contributed by atoms with Gasteiger partial charge in [0.05, 0.1) is 0 Å². The molecule has 8 aromatic rings. The molecule has 0 saturated heterocycles. The summed E-state index contributed by atoms with van der Waals surface area (Å²) < 4.78 is 6.38. The third-order valence-electron chi connectivity index (χ3n) is 7.33. The first-order valence-electron chi connectivity index (χ1n) is 13.5. The largest absolute Gasteiger partial charge is 0.435 e. The summed E-state index contributed by atoms with van der Waals surface area (Å²) in [5.41, 5.74) is 5.40. The summed E-state index contributed by atoms with van der Waals surface area (Å²) in [7, 11) is 0. The molecule has 0 radical (unpaired) electrons. The van der Waals surface area contributed by atoms with Crippen molar-refractivity contribution in [1.82, 2.24) is 19.9 Å². The lowest BCUT2D eigenvalue weighted by Gasteiger charge is -2.10. The molecule has 0 aliphatic rings. The van der Waals surface area contributed by atoms with Gasteiger partial charge < -0.3 is 4.42 Å². The van der Waals surface area contributed by atoms with Crippen molar-refractivity contribution in [2.24, 2.45) is 0 Å². The second kappa shape index (κ2) is 9.50. The SMILES string of the molecule is c1ccc(-c2nc(-c3ccccc3)nc(-c3ccc4c(ccc5ccc6nc(-c7ccccc7)oc6c54)c3)n2)cc1. The predicted molar refractivity (Wildman–Crippen MR) is 164 cm³/mol. The normalized spacial score (nSPS) is 11.4. The van der Waals surface area contributed by atoms with Crippen LogP contribution in [0.25, 0.3) is 78.3 Å². The van der Waals surface area contributed by atoms with E-state index in [2.05, 4.69) is 36.4 Å². The molecule has 0 aliphatic carbocycles. The number of rotatable bonds is 4. The first-order valence-corrected chi connectivity index (χ1v) is 13.5. The molecule has 0 atom stereocenters. The summed E-state index contributed by atoms with van der Waals surface area (Å²) in [5, 5.41) is 4.31. The topological polar surface area (TPSA) is 64.7 Å². The number of hydrogen-bond acceptors (Lipinski definition) is 5. The highest BCUT2D eigenvalue weighted by molar-refractivity contribution is 6.18. The Labute approximate surface area is 235 Å². The summed E-state index contributed by atoms with van der Waals surface area (Å²) in [6.45, 7) is 0. The Kier molecular flexibility index (Phi) is 5.38. The zero-order valence-electron chi connectivity index (χ0n) is 21.9. The van der Waals surface area contributed by atoms with E-state index < -0.39 is 0 Å². The average molecular weight is 527 g/mol. The highest BCUT2D eigenvalue weighted by Crippen LogP contribution is 2.36. The van der Waals surface area contributed by atoms with Crippen LogP contribution in [0.4, 0.5) is 0 Å². The van der Waals surface area contributed by atoms with E-state index in [0.717, 1.165) is 54.9 Å². The van der Waals surface area contributed by atoms with Crippen molar-refractivity contribution in [3.05, 3.63) is 133 Å². The minimum Gasteiger partial charge on any atom is -0.435 e. The Hall–Kier alpha value is -5.68. The standard InChI is InChI=1S/C36H22N4O/c1-4-10-24(11-5-1)33-38-34(25-12-6-2-7-13-25)40-35(39-33)28-18-20-29-27(22-28)17-16-23-19-21-30-32(31(23)29)41-36(37-30)26-14-8-3-9-15-26/h1-22H. The summed E-state index contributed by atoms with van der Waals surface area (Å²) in [6, 6.07) is 44.8. The summed E-state index contributed by atoms with van der Waals surface area (Å²) >= 11 is 0. The number of oxazole rings is 1. The van der Waals surface area contributed by atoms with Gasteiger partial charge in [0.1, 0.15) is 5.52 Å². The van der Waals surface area contributed by atoms with E-state index in [1.165, 1.54) is 0 Å². The lowest BCUT2D eigenvalue weighted by Crippen LogP contribution is -2.00. The summed E-state index contributed by atoms with van der Waals surface area (Å²) in [4.78, 5) is 19.4. The van der Waals surface area contributed by atoms with Crippen molar-refractivity contribution in [2.75, 3.05) is 0 Å². The first-order chi connectivity index (χ1) is 20.3. The van der Waals surface area contributed by atoms with Gasteiger partial charge in [-0.3, -0.25) is 0 Å².